The van der Waals surface area contributed by atoms with Crippen LogP contribution in [0.2, 0.25) is 5.02 Å². The number of hydrogen-bond donors (Lipinski definition) is 4. The molecule has 4 N–H and O–H groups in total. The summed E-state index contributed by atoms with van der Waals surface area (Å²) in [4.78, 5) is 56.8. The van der Waals surface area contributed by atoms with Crippen molar-refractivity contribution in [2.45, 2.75) is 6.92 Å². The number of nitriles is 1. The number of ether oxygens (including phenoxy) is 1. The maximum absolute atomic E-state index is 12.4. The molecule has 216 valence electrons. The molecule has 2 aromatic heterocycles. The van der Waals surface area contributed by atoms with Crippen molar-refractivity contribution in [3.63, 3.8) is 0 Å². The van der Waals surface area contributed by atoms with Crippen molar-refractivity contribution in [1.29, 1.82) is 5.26 Å². The fourth-order valence-corrected chi connectivity index (χ4v) is 4.08. The SMILES string of the molecule is Cc1ccc(Cl)cc1-c1cnc(C(=O)NCC(=O)OC(=O)CNC(=O)c2ncc(-c3cccc(C#N)c3)cc2O)c(O)c1. The van der Waals surface area contributed by atoms with Crippen LogP contribution in [-0.4, -0.2) is 57.0 Å². The Morgan fingerprint density at radius 1 is 0.837 bits per heavy atom. The van der Waals surface area contributed by atoms with Gasteiger partial charge in [0.1, 0.15) is 24.6 Å². The van der Waals surface area contributed by atoms with Gasteiger partial charge < -0.3 is 25.6 Å². The number of carbonyl (C=O) groups is 4. The number of aromatic nitrogens is 2. The summed E-state index contributed by atoms with van der Waals surface area (Å²) in [5, 5.41) is 34.5. The molecule has 0 unspecified atom stereocenters. The molecule has 0 atom stereocenters. The van der Waals surface area contributed by atoms with E-state index in [9.17, 15) is 29.4 Å². The Kier molecular flexibility index (Phi) is 9.29. The Balaban J connectivity index is 1.27. The van der Waals surface area contributed by atoms with Gasteiger partial charge in [-0.15, -0.1) is 0 Å². The molecule has 43 heavy (non-hydrogen) atoms. The monoisotopic (exact) mass is 599 g/mol. The Hall–Kier alpha value is -5.80. The third kappa shape index (κ3) is 7.49. The van der Waals surface area contributed by atoms with Crippen LogP contribution >= 0.6 is 11.6 Å². The lowest BCUT2D eigenvalue weighted by molar-refractivity contribution is -0.158. The Labute approximate surface area is 249 Å². The molecule has 0 bridgehead atoms. The molecule has 13 heteroatoms. The van der Waals surface area contributed by atoms with Gasteiger partial charge in [0.2, 0.25) is 0 Å². The van der Waals surface area contributed by atoms with Crippen LogP contribution in [-0.2, 0) is 14.3 Å². The van der Waals surface area contributed by atoms with Gasteiger partial charge in [0.05, 0.1) is 11.6 Å². The van der Waals surface area contributed by atoms with Crippen molar-refractivity contribution in [1.82, 2.24) is 20.6 Å². The van der Waals surface area contributed by atoms with Crippen molar-refractivity contribution in [3.8, 4) is 39.8 Å². The summed E-state index contributed by atoms with van der Waals surface area (Å²) < 4.78 is 4.57. The number of amides is 2. The van der Waals surface area contributed by atoms with E-state index in [4.69, 9.17) is 16.9 Å². The van der Waals surface area contributed by atoms with Crippen molar-refractivity contribution < 1.29 is 34.1 Å². The summed E-state index contributed by atoms with van der Waals surface area (Å²) in [6.07, 6.45) is 2.68. The fourth-order valence-electron chi connectivity index (χ4n) is 3.91. The van der Waals surface area contributed by atoms with Crippen molar-refractivity contribution in [2.24, 2.45) is 0 Å². The highest BCUT2D eigenvalue weighted by Crippen LogP contribution is 2.29. The van der Waals surface area contributed by atoms with E-state index in [2.05, 4.69) is 25.3 Å². The molecule has 4 aromatic rings. The van der Waals surface area contributed by atoms with E-state index in [1.807, 2.05) is 13.0 Å². The summed E-state index contributed by atoms with van der Waals surface area (Å²) in [5.74, 6) is -5.00. The van der Waals surface area contributed by atoms with Gasteiger partial charge in [0.25, 0.3) is 11.8 Å². The van der Waals surface area contributed by atoms with E-state index in [1.54, 1.807) is 42.5 Å². The number of esters is 2. The van der Waals surface area contributed by atoms with Crippen LogP contribution in [0.25, 0.3) is 22.3 Å². The number of nitrogens with zero attached hydrogens (tertiary/aromatic N) is 3. The number of hydrogen-bond acceptors (Lipinski definition) is 10. The van der Waals surface area contributed by atoms with Gasteiger partial charge in [-0.3, -0.25) is 9.59 Å². The molecule has 0 saturated heterocycles. The maximum atomic E-state index is 12.4. The van der Waals surface area contributed by atoms with Gasteiger partial charge in [-0.2, -0.15) is 5.26 Å². The molecule has 12 nitrogen and oxygen atoms in total. The average Bonchev–Trinajstić information content (AvgIpc) is 2.99. The number of halogens is 1. The van der Waals surface area contributed by atoms with Crippen molar-refractivity contribution >= 4 is 35.4 Å². The number of carbonyl (C=O) groups excluding carboxylic acids is 4. The van der Waals surface area contributed by atoms with Gasteiger partial charge in [-0.1, -0.05) is 29.8 Å². The predicted molar refractivity (Wildman–Crippen MR) is 153 cm³/mol. The molecule has 4 rings (SSSR count). The van der Waals surface area contributed by atoms with E-state index < -0.39 is 48.3 Å². The number of pyridine rings is 2. The first-order chi connectivity index (χ1) is 20.5. The van der Waals surface area contributed by atoms with E-state index in [-0.39, 0.29) is 11.4 Å². The van der Waals surface area contributed by atoms with Crippen LogP contribution in [0.4, 0.5) is 0 Å². The number of rotatable bonds is 8. The first-order valence-electron chi connectivity index (χ1n) is 12.5. The second-order valence-corrected chi connectivity index (χ2v) is 9.48. The molecule has 0 aliphatic heterocycles. The predicted octanol–water partition coefficient (Wildman–Crippen LogP) is 3.28. The molecule has 0 saturated carbocycles. The average molecular weight is 600 g/mol. The van der Waals surface area contributed by atoms with Crippen LogP contribution in [0.3, 0.4) is 0 Å². The third-order valence-corrected chi connectivity index (χ3v) is 6.25. The quantitative estimate of drug-likeness (QED) is 0.172. The second kappa shape index (κ2) is 13.2. The Morgan fingerprint density at radius 2 is 1.42 bits per heavy atom. The van der Waals surface area contributed by atoms with E-state index in [1.165, 1.54) is 24.5 Å². The highest BCUT2D eigenvalue weighted by atomic mass is 35.5. The van der Waals surface area contributed by atoms with Gasteiger partial charge in [-0.05, 0) is 60.0 Å². The minimum Gasteiger partial charge on any atom is -0.505 e. The van der Waals surface area contributed by atoms with Gasteiger partial charge in [0.15, 0.2) is 11.4 Å². The number of nitrogens with one attached hydrogen (secondary N) is 2. The third-order valence-electron chi connectivity index (χ3n) is 6.02. The van der Waals surface area contributed by atoms with Crippen LogP contribution < -0.4 is 10.6 Å². The van der Waals surface area contributed by atoms with E-state index >= 15 is 0 Å². The van der Waals surface area contributed by atoms with Crippen molar-refractivity contribution in [3.05, 3.63) is 94.5 Å². The topological polar surface area (TPSA) is 192 Å². The zero-order chi connectivity index (χ0) is 31.1. The van der Waals surface area contributed by atoms with Crippen LogP contribution in [0.15, 0.2) is 67.0 Å². The second-order valence-electron chi connectivity index (χ2n) is 9.05. The summed E-state index contributed by atoms with van der Waals surface area (Å²) in [6.45, 7) is 0.378. The Bertz CT molecular complexity index is 1800. The lowest BCUT2D eigenvalue weighted by atomic mass is 10.0. The molecule has 0 spiro atoms. The molecular formula is C30H22ClN5O7. The highest BCUT2D eigenvalue weighted by Gasteiger charge is 2.19. The lowest BCUT2D eigenvalue weighted by Crippen LogP contribution is -2.36. The first-order valence-corrected chi connectivity index (χ1v) is 12.9. The van der Waals surface area contributed by atoms with Crippen LogP contribution in [0, 0.1) is 18.3 Å². The van der Waals surface area contributed by atoms with Crippen LogP contribution in [0.5, 0.6) is 11.5 Å². The summed E-state index contributed by atoms with van der Waals surface area (Å²) >= 11 is 6.04. The Morgan fingerprint density at radius 3 is 2.00 bits per heavy atom. The van der Waals surface area contributed by atoms with Crippen LogP contribution in [0.1, 0.15) is 32.1 Å². The zero-order valence-corrected chi connectivity index (χ0v) is 23.2. The smallest absolute Gasteiger partial charge is 0.333 e. The number of benzene rings is 2. The van der Waals surface area contributed by atoms with E-state index in [0.717, 1.165) is 5.56 Å². The molecule has 0 radical (unpaired) electrons. The first kappa shape index (κ1) is 30.2. The van der Waals surface area contributed by atoms with Gasteiger partial charge in [-0.25, -0.2) is 19.6 Å². The molecule has 0 fully saturated rings. The summed E-state index contributed by atoms with van der Waals surface area (Å²) in [6, 6.07) is 16.4. The van der Waals surface area contributed by atoms with Gasteiger partial charge >= 0.3 is 11.9 Å². The minimum absolute atomic E-state index is 0.356. The molecular weight excluding hydrogens is 578 g/mol. The lowest BCUT2D eigenvalue weighted by Gasteiger charge is -2.10. The molecule has 0 aliphatic carbocycles. The minimum atomic E-state index is -1.14. The summed E-state index contributed by atoms with van der Waals surface area (Å²) in [5.41, 5.74) is 2.82. The van der Waals surface area contributed by atoms with E-state index in [0.29, 0.717) is 32.8 Å². The fraction of sp³-hybridized carbons (Fsp3) is 0.100. The van der Waals surface area contributed by atoms with Crippen molar-refractivity contribution in [2.75, 3.05) is 13.1 Å². The molecule has 2 heterocycles. The maximum Gasteiger partial charge on any atom is 0.333 e. The van der Waals surface area contributed by atoms with Gasteiger partial charge in [0, 0.05) is 28.5 Å². The molecule has 2 aromatic carbocycles. The summed E-state index contributed by atoms with van der Waals surface area (Å²) in [7, 11) is 0. The molecule has 2 amide bonds. The molecule has 0 aliphatic rings. The largest absolute Gasteiger partial charge is 0.505 e. The highest BCUT2D eigenvalue weighted by molar-refractivity contribution is 6.30. The normalized spacial score (nSPS) is 10.3. The standard InChI is InChI=1S/C30H22ClN5O7/c1-16-5-6-21(31)10-22(16)20-9-24(38)28(34-13-20)30(42)36-15-26(40)43-25(39)14-35-29(41)27-23(37)8-19(12-33-27)18-4-2-3-17(7-18)11-32/h2-10,12-13,37-38H,14-15H2,1H3,(H,35,41)(H,36,42). The number of aromatic hydroxyl groups is 2. The zero-order valence-electron chi connectivity index (χ0n) is 22.4. The number of aryl methyl sites for hydroxylation is 1.